The lowest BCUT2D eigenvalue weighted by Gasteiger charge is -2.30. The van der Waals surface area contributed by atoms with Gasteiger partial charge >= 0.3 is 23.5 Å². The van der Waals surface area contributed by atoms with E-state index in [2.05, 4.69) is 41.1 Å². The van der Waals surface area contributed by atoms with Crippen molar-refractivity contribution in [1.82, 2.24) is 10.6 Å². The van der Waals surface area contributed by atoms with E-state index in [-0.39, 0.29) is 18.9 Å². The SMILES string of the molecule is CC(C)(COP(=O)(O)OP(=O)(O)OC[C@H]1OC[C@H](O)[C@@H]1OP(=O)(O)O)[C@H](O)C(=O)NCCC(=O)NCCS. The van der Waals surface area contributed by atoms with Crippen molar-refractivity contribution in [2.75, 3.05) is 38.7 Å². The molecule has 1 heterocycles. The van der Waals surface area contributed by atoms with E-state index in [9.17, 15) is 43.3 Å². The lowest BCUT2D eigenvalue weighted by molar-refractivity contribution is -0.137. The predicted octanol–water partition coefficient (Wildman–Crippen LogP) is -1.59. The van der Waals surface area contributed by atoms with E-state index in [4.69, 9.17) is 14.5 Å². The highest BCUT2D eigenvalue weighted by atomic mass is 32.1. The number of rotatable bonds is 17. The summed E-state index contributed by atoms with van der Waals surface area (Å²) in [6.45, 7) is 0.539. The molecular weight excluding hydrogens is 601 g/mol. The smallest absolute Gasteiger partial charge is 0.388 e. The van der Waals surface area contributed by atoms with E-state index in [1.807, 2.05) is 0 Å². The lowest BCUT2D eigenvalue weighted by atomic mass is 9.87. The van der Waals surface area contributed by atoms with E-state index in [1.54, 1.807) is 0 Å². The van der Waals surface area contributed by atoms with Gasteiger partial charge in [0.2, 0.25) is 11.8 Å². The Bertz CT molecular complexity index is 948. The van der Waals surface area contributed by atoms with Crippen molar-refractivity contribution in [3.8, 4) is 0 Å². The molecule has 224 valence electrons. The molecule has 2 unspecified atom stereocenters. The number of phosphoric ester groups is 3. The summed E-state index contributed by atoms with van der Waals surface area (Å²) in [5.74, 6) is -0.850. The van der Waals surface area contributed by atoms with E-state index < -0.39 is 79.0 Å². The molecule has 1 aliphatic heterocycles. The van der Waals surface area contributed by atoms with Crippen LogP contribution in [-0.2, 0) is 45.9 Å². The standard InChI is InChI=1S/C16H33N2O16P3S/c1-16(2,14(21)15(22)18-4-3-12(20)17-5-6-38)9-32-37(28,29)34-36(26,27)31-8-11-13(10(19)7-30-11)33-35(23,24)25/h10-11,13-14,19,21,38H,3-9H2,1-2H3,(H,17,20)(H,18,22)(H,26,27)(H,28,29)(H2,23,24,25)/t10-,11+,13-,14+/m0/s1. The van der Waals surface area contributed by atoms with Gasteiger partial charge in [-0.15, -0.1) is 0 Å². The van der Waals surface area contributed by atoms with Gasteiger partial charge in [0.25, 0.3) is 0 Å². The minimum atomic E-state index is -5.36. The first-order valence-corrected chi connectivity index (χ1v) is 16.0. The van der Waals surface area contributed by atoms with Crippen LogP contribution in [0.15, 0.2) is 0 Å². The molecule has 0 aromatic carbocycles. The number of hydrogen-bond donors (Lipinski definition) is 9. The largest absolute Gasteiger partial charge is 0.481 e. The van der Waals surface area contributed by atoms with Gasteiger partial charge in [-0.25, -0.2) is 13.7 Å². The summed E-state index contributed by atoms with van der Waals surface area (Å²) in [6.07, 6.45) is -6.49. The maximum atomic E-state index is 12.2. The second-order valence-corrected chi connectivity index (χ2v) is 13.3. The molecule has 0 radical (unpaired) electrons. The number of thiol groups is 1. The molecule has 38 heavy (non-hydrogen) atoms. The number of aliphatic hydroxyl groups excluding tert-OH is 2. The van der Waals surface area contributed by atoms with Crippen molar-refractivity contribution in [2.45, 2.75) is 44.7 Å². The Morgan fingerprint density at radius 2 is 1.68 bits per heavy atom. The average Bonchev–Trinajstić information content (AvgIpc) is 3.11. The zero-order valence-corrected chi connectivity index (χ0v) is 23.9. The Kier molecular flexibility index (Phi) is 14.0. The molecule has 6 atom stereocenters. The number of aliphatic hydroxyl groups is 2. The van der Waals surface area contributed by atoms with Gasteiger partial charge in [-0.3, -0.25) is 23.2 Å². The summed E-state index contributed by atoms with van der Waals surface area (Å²) in [5, 5.41) is 24.8. The summed E-state index contributed by atoms with van der Waals surface area (Å²) in [5.41, 5.74) is -1.53. The molecule has 0 saturated carbocycles. The number of nitrogens with one attached hydrogen (secondary N) is 2. The molecule has 1 fully saturated rings. The fourth-order valence-corrected chi connectivity index (χ4v) is 5.76. The van der Waals surface area contributed by atoms with Crippen LogP contribution < -0.4 is 10.6 Å². The van der Waals surface area contributed by atoms with Crippen LogP contribution in [-0.4, -0.2) is 105 Å². The molecule has 22 heteroatoms. The van der Waals surface area contributed by atoms with Crippen molar-refractivity contribution in [3.63, 3.8) is 0 Å². The molecule has 0 aromatic rings. The quantitative estimate of drug-likeness (QED) is 0.0644. The molecule has 18 nitrogen and oxygen atoms in total. The van der Waals surface area contributed by atoms with Crippen molar-refractivity contribution < 1.29 is 75.7 Å². The number of hydrogen-bond acceptors (Lipinski definition) is 13. The molecule has 8 N–H and O–H groups in total. The van der Waals surface area contributed by atoms with Crippen LogP contribution in [0, 0.1) is 5.41 Å². The van der Waals surface area contributed by atoms with Crippen LogP contribution in [0.25, 0.3) is 0 Å². The molecule has 2 amide bonds. The molecule has 1 aliphatic rings. The van der Waals surface area contributed by atoms with Crippen molar-refractivity contribution in [1.29, 1.82) is 0 Å². The summed E-state index contributed by atoms with van der Waals surface area (Å²) < 4.78 is 57.9. The zero-order chi connectivity index (χ0) is 29.4. The minimum Gasteiger partial charge on any atom is -0.388 e. The summed E-state index contributed by atoms with van der Waals surface area (Å²) in [4.78, 5) is 61.0. The fourth-order valence-electron chi connectivity index (χ4n) is 2.81. The number of ether oxygens (including phenoxy) is 1. The van der Waals surface area contributed by atoms with Crippen LogP contribution in [0.1, 0.15) is 20.3 Å². The normalized spacial score (nSPS) is 24.3. The number of carbonyl (C=O) groups excluding carboxylic acids is 2. The zero-order valence-electron chi connectivity index (χ0n) is 20.3. The summed E-state index contributed by atoms with van der Waals surface area (Å²) in [6, 6.07) is 0. The number of carbonyl (C=O) groups is 2. The molecular formula is C16H33N2O16P3S. The maximum Gasteiger partial charge on any atom is 0.481 e. The van der Waals surface area contributed by atoms with Gasteiger partial charge in [0.1, 0.15) is 24.4 Å². The highest BCUT2D eigenvalue weighted by Gasteiger charge is 2.44. The molecule has 0 bridgehead atoms. The van der Waals surface area contributed by atoms with Crippen molar-refractivity contribution >= 4 is 47.9 Å². The summed E-state index contributed by atoms with van der Waals surface area (Å²) in [7, 11) is -15.8. The third-order valence-corrected chi connectivity index (χ3v) is 8.09. The Labute approximate surface area is 223 Å². The first kappa shape index (κ1) is 35.6. The van der Waals surface area contributed by atoms with Gasteiger partial charge in [0, 0.05) is 30.7 Å². The lowest BCUT2D eigenvalue weighted by Crippen LogP contribution is -2.46. The minimum absolute atomic E-state index is 0.0777. The van der Waals surface area contributed by atoms with Crippen LogP contribution in [0.4, 0.5) is 0 Å². The molecule has 1 saturated heterocycles. The van der Waals surface area contributed by atoms with Crippen LogP contribution in [0.5, 0.6) is 0 Å². The van der Waals surface area contributed by atoms with E-state index in [0.29, 0.717) is 12.3 Å². The Morgan fingerprint density at radius 1 is 1.08 bits per heavy atom. The van der Waals surface area contributed by atoms with E-state index in [1.165, 1.54) is 13.8 Å². The number of phosphoric acid groups is 3. The number of amides is 2. The highest BCUT2D eigenvalue weighted by Crippen LogP contribution is 2.61. The molecule has 0 spiro atoms. The van der Waals surface area contributed by atoms with Crippen LogP contribution in [0.2, 0.25) is 0 Å². The Hall–Kier alpha value is -0.460. The Morgan fingerprint density at radius 3 is 2.26 bits per heavy atom. The topological polar surface area (TPSA) is 277 Å². The average molecular weight is 634 g/mol. The maximum absolute atomic E-state index is 12.2. The van der Waals surface area contributed by atoms with Gasteiger partial charge in [0.15, 0.2) is 0 Å². The first-order chi connectivity index (χ1) is 17.3. The predicted molar refractivity (Wildman–Crippen MR) is 130 cm³/mol. The van der Waals surface area contributed by atoms with Crippen LogP contribution in [0.3, 0.4) is 0 Å². The monoisotopic (exact) mass is 634 g/mol. The van der Waals surface area contributed by atoms with Crippen molar-refractivity contribution in [3.05, 3.63) is 0 Å². The third kappa shape index (κ3) is 13.3. The molecule has 1 rings (SSSR count). The van der Waals surface area contributed by atoms with E-state index in [0.717, 1.165) is 0 Å². The second-order valence-electron chi connectivity index (χ2n) is 8.59. The van der Waals surface area contributed by atoms with Gasteiger partial charge in [0.05, 0.1) is 19.8 Å². The van der Waals surface area contributed by atoms with Crippen molar-refractivity contribution in [2.24, 2.45) is 5.41 Å². The fraction of sp³-hybridized carbons (Fsp3) is 0.875. The second kappa shape index (κ2) is 15.0. The molecule has 0 aliphatic carbocycles. The summed E-state index contributed by atoms with van der Waals surface area (Å²) >= 11 is 3.93. The first-order valence-electron chi connectivity index (χ1n) is 10.8. The van der Waals surface area contributed by atoms with Gasteiger partial charge < -0.3 is 45.2 Å². The Balaban J connectivity index is 2.59. The molecule has 0 aromatic heterocycles. The van der Waals surface area contributed by atoms with E-state index >= 15 is 0 Å². The van der Waals surface area contributed by atoms with Gasteiger partial charge in [-0.2, -0.15) is 16.9 Å². The van der Waals surface area contributed by atoms with Crippen LogP contribution >= 0.6 is 36.1 Å². The third-order valence-electron chi connectivity index (χ3n) is 4.77. The van der Waals surface area contributed by atoms with Gasteiger partial charge in [-0.1, -0.05) is 13.8 Å². The van der Waals surface area contributed by atoms with Gasteiger partial charge in [-0.05, 0) is 0 Å². The highest BCUT2D eigenvalue weighted by molar-refractivity contribution is 7.80.